The predicted octanol–water partition coefficient (Wildman–Crippen LogP) is 1.21. The highest BCUT2D eigenvalue weighted by Crippen LogP contribution is 2.33. The van der Waals surface area contributed by atoms with Gasteiger partial charge in [0, 0.05) is 30.1 Å². The molecule has 0 spiro atoms. The zero-order valence-electron chi connectivity index (χ0n) is 18.0. The molecule has 2 aromatic carbocycles. The van der Waals surface area contributed by atoms with Crippen LogP contribution >= 0.6 is 0 Å². The van der Waals surface area contributed by atoms with Gasteiger partial charge >= 0.3 is 6.03 Å². The number of nitrogens with one attached hydrogen (secondary N) is 2. The fourth-order valence-corrected chi connectivity index (χ4v) is 4.28. The third-order valence-corrected chi connectivity index (χ3v) is 5.93. The van der Waals surface area contributed by atoms with E-state index in [9.17, 15) is 14.4 Å². The lowest BCUT2D eigenvalue weighted by molar-refractivity contribution is -0.124. The lowest BCUT2D eigenvalue weighted by atomic mass is 9.88. The summed E-state index contributed by atoms with van der Waals surface area (Å²) < 4.78 is 5.41. The molecule has 3 N–H and O–H groups in total. The fraction of sp³-hybridized carbons (Fsp3) is 0.208. The first-order valence-corrected chi connectivity index (χ1v) is 10.7. The topological polar surface area (TPSA) is 134 Å². The fourth-order valence-electron chi connectivity index (χ4n) is 4.28. The number of amides is 4. The van der Waals surface area contributed by atoms with Crippen molar-refractivity contribution in [2.75, 3.05) is 19.8 Å². The molecule has 1 atom stereocenters. The average molecular weight is 459 g/mol. The lowest BCUT2D eigenvalue weighted by Gasteiger charge is -2.31. The number of rotatable bonds is 7. The molecule has 2 aliphatic heterocycles. The number of aromatic nitrogens is 2. The largest absolute Gasteiger partial charge is 0.491 e. The second kappa shape index (κ2) is 8.56. The molecule has 10 heteroatoms. The van der Waals surface area contributed by atoms with Crippen molar-refractivity contribution in [3.05, 3.63) is 77.7 Å². The number of aliphatic hydroxyl groups excluding tert-OH is 1. The van der Waals surface area contributed by atoms with Gasteiger partial charge in [0.05, 0.1) is 25.0 Å². The van der Waals surface area contributed by atoms with Crippen molar-refractivity contribution in [2.45, 2.75) is 12.1 Å². The van der Waals surface area contributed by atoms with E-state index < -0.39 is 17.5 Å². The summed E-state index contributed by atoms with van der Waals surface area (Å²) >= 11 is 0. The summed E-state index contributed by atoms with van der Waals surface area (Å²) in [6.07, 6.45) is 4.80. The SMILES string of the molecule is O=C1NC(=O)[C@](CN2Cc3ccc(OCCO)cc3C2=O)(c2ccc(-c3cnccn3)cc2)N1. The van der Waals surface area contributed by atoms with E-state index in [1.54, 1.807) is 61.1 Å². The van der Waals surface area contributed by atoms with Crippen LogP contribution in [0.3, 0.4) is 0 Å². The van der Waals surface area contributed by atoms with E-state index in [2.05, 4.69) is 20.6 Å². The molecule has 1 saturated heterocycles. The summed E-state index contributed by atoms with van der Waals surface area (Å²) in [7, 11) is 0. The van der Waals surface area contributed by atoms with Crippen molar-refractivity contribution in [1.29, 1.82) is 0 Å². The molecule has 0 aliphatic carbocycles. The maximum absolute atomic E-state index is 13.2. The summed E-state index contributed by atoms with van der Waals surface area (Å²) in [5.74, 6) is -0.321. The molecule has 0 radical (unpaired) electrons. The van der Waals surface area contributed by atoms with E-state index in [1.165, 1.54) is 4.90 Å². The highest BCUT2D eigenvalue weighted by atomic mass is 16.5. The Bertz CT molecular complexity index is 1260. The van der Waals surface area contributed by atoms with E-state index in [4.69, 9.17) is 9.84 Å². The van der Waals surface area contributed by atoms with Gasteiger partial charge in [-0.15, -0.1) is 0 Å². The molecule has 4 amide bonds. The zero-order valence-corrected chi connectivity index (χ0v) is 18.0. The molecule has 1 fully saturated rings. The Morgan fingerprint density at radius 2 is 1.91 bits per heavy atom. The number of carbonyl (C=O) groups excluding carboxylic acids is 3. The Kier molecular flexibility index (Phi) is 5.42. The van der Waals surface area contributed by atoms with Gasteiger partial charge in [0.2, 0.25) is 0 Å². The molecule has 2 aliphatic rings. The van der Waals surface area contributed by atoms with Crippen LogP contribution in [0.2, 0.25) is 0 Å². The van der Waals surface area contributed by atoms with Crippen molar-refractivity contribution in [1.82, 2.24) is 25.5 Å². The van der Waals surface area contributed by atoms with Crippen LogP contribution in [0.25, 0.3) is 11.3 Å². The monoisotopic (exact) mass is 459 g/mol. The van der Waals surface area contributed by atoms with E-state index in [0.717, 1.165) is 11.1 Å². The van der Waals surface area contributed by atoms with E-state index >= 15 is 0 Å². The molecule has 10 nitrogen and oxygen atoms in total. The Balaban J connectivity index is 1.44. The lowest BCUT2D eigenvalue weighted by Crippen LogP contribution is -2.52. The van der Waals surface area contributed by atoms with Crippen LogP contribution in [-0.4, -0.2) is 57.6 Å². The Morgan fingerprint density at radius 1 is 1.09 bits per heavy atom. The molecule has 172 valence electrons. The molecule has 0 saturated carbocycles. The molecular weight excluding hydrogens is 438 g/mol. The maximum Gasteiger partial charge on any atom is 0.322 e. The second-order valence-corrected chi connectivity index (χ2v) is 8.03. The van der Waals surface area contributed by atoms with Gasteiger partial charge in [-0.25, -0.2) is 4.79 Å². The molecule has 0 bridgehead atoms. The van der Waals surface area contributed by atoms with Crippen LogP contribution < -0.4 is 15.4 Å². The number of nitrogens with zero attached hydrogens (tertiary/aromatic N) is 3. The number of imide groups is 1. The summed E-state index contributed by atoms with van der Waals surface area (Å²) in [5.41, 5.74) is 1.84. The standard InChI is InChI=1S/C24H21N5O5/c30-9-10-34-18-6-3-16-13-29(21(31)19(16)11-18)14-24(22(32)27-23(33)28-24)17-4-1-15(2-5-17)20-12-25-7-8-26-20/h1-8,11-12,30H,9-10,13-14H2,(H2,27,28,32,33)/t24-/m0/s1. The third-order valence-electron chi connectivity index (χ3n) is 5.93. The van der Waals surface area contributed by atoms with Gasteiger partial charge in [-0.1, -0.05) is 30.3 Å². The Hall–Kier alpha value is -4.31. The van der Waals surface area contributed by atoms with Crippen molar-refractivity contribution in [3.8, 4) is 17.0 Å². The van der Waals surface area contributed by atoms with Crippen molar-refractivity contribution in [2.24, 2.45) is 0 Å². The van der Waals surface area contributed by atoms with Crippen LogP contribution in [0, 0.1) is 0 Å². The van der Waals surface area contributed by atoms with Crippen molar-refractivity contribution in [3.63, 3.8) is 0 Å². The molecule has 3 aromatic rings. The maximum atomic E-state index is 13.2. The van der Waals surface area contributed by atoms with Gasteiger partial charge in [0.15, 0.2) is 5.54 Å². The number of urea groups is 1. The summed E-state index contributed by atoms with van der Waals surface area (Å²) in [5, 5.41) is 14.0. The summed E-state index contributed by atoms with van der Waals surface area (Å²) in [6, 6.07) is 11.6. The predicted molar refractivity (Wildman–Crippen MR) is 120 cm³/mol. The highest BCUT2D eigenvalue weighted by Gasteiger charge is 2.50. The van der Waals surface area contributed by atoms with Crippen LogP contribution in [0.4, 0.5) is 4.79 Å². The number of hydrogen-bond donors (Lipinski definition) is 3. The minimum atomic E-state index is -1.44. The Labute approximate surface area is 194 Å². The molecule has 34 heavy (non-hydrogen) atoms. The van der Waals surface area contributed by atoms with E-state index in [-0.39, 0.29) is 32.2 Å². The zero-order chi connectivity index (χ0) is 23.7. The normalized spacial score (nSPS) is 19.1. The molecular formula is C24H21N5O5. The van der Waals surface area contributed by atoms with Crippen molar-refractivity contribution >= 4 is 17.8 Å². The number of benzene rings is 2. The van der Waals surface area contributed by atoms with E-state index in [1.807, 2.05) is 0 Å². The highest BCUT2D eigenvalue weighted by molar-refractivity contribution is 6.08. The van der Waals surface area contributed by atoms with Gasteiger partial charge < -0.3 is 20.1 Å². The molecule has 5 rings (SSSR count). The van der Waals surface area contributed by atoms with Gasteiger partial charge in [0.1, 0.15) is 12.4 Å². The first kappa shape index (κ1) is 21.5. The van der Waals surface area contributed by atoms with Gasteiger partial charge in [0.25, 0.3) is 11.8 Å². The number of hydrogen-bond acceptors (Lipinski definition) is 7. The van der Waals surface area contributed by atoms with Gasteiger partial charge in [-0.3, -0.25) is 24.9 Å². The quantitative estimate of drug-likeness (QED) is 0.452. The average Bonchev–Trinajstić information content (AvgIpc) is 3.33. The van der Waals surface area contributed by atoms with Gasteiger partial charge in [-0.2, -0.15) is 0 Å². The first-order valence-electron chi connectivity index (χ1n) is 10.7. The van der Waals surface area contributed by atoms with E-state index in [0.29, 0.717) is 22.6 Å². The van der Waals surface area contributed by atoms with Crippen LogP contribution in [0.15, 0.2) is 61.1 Å². The van der Waals surface area contributed by atoms with Crippen LogP contribution in [0.5, 0.6) is 5.75 Å². The minimum absolute atomic E-state index is 0.0462. The smallest absolute Gasteiger partial charge is 0.322 e. The summed E-state index contributed by atoms with van der Waals surface area (Å²) in [6.45, 7) is 0.229. The minimum Gasteiger partial charge on any atom is -0.491 e. The molecule has 3 heterocycles. The first-order chi connectivity index (χ1) is 16.5. The molecule has 1 aromatic heterocycles. The number of fused-ring (bicyclic) bond motifs is 1. The summed E-state index contributed by atoms with van der Waals surface area (Å²) in [4.78, 5) is 48.2. The number of aliphatic hydroxyl groups is 1. The van der Waals surface area contributed by atoms with Crippen LogP contribution in [0.1, 0.15) is 21.5 Å². The Morgan fingerprint density at radius 3 is 2.59 bits per heavy atom. The third kappa shape index (κ3) is 3.73. The van der Waals surface area contributed by atoms with Gasteiger partial charge in [-0.05, 0) is 23.3 Å². The second-order valence-electron chi connectivity index (χ2n) is 8.03. The number of carbonyl (C=O) groups is 3. The van der Waals surface area contributed by atoms with Crippen molar-refractivity contribution < 1.29 is 24.2 Å². The molecule has 0 unspecified atom stereocenters. The number of ether oxygens (including phenoxy) is 1. The van der Waals surface area contributed by atoms with Crippen LogP contribution in [-0.2, 0) is 16.9 Å².